The highest BCUT2D eigenvalue weighted by molar-refractivity contribution is 7.20. The number of aromatic nitrogens is 4. The molecule has 0 N–H and O–H groups in total. The molecule has 12 aromatic rings. The van der Waals surface area contributed by atoms with Gasteiger partial charge in [0.1, 0.15) is 11.5 Å². The van der Waals surface area contributed by atoms with Crippen molar-refractivity contribution in [2.24, 2.45) is 0 Å². The fourth-order valence-electron chi connectivity index (χ4n) is 11.4. The molecule has 0 saturated carbocycles. The molecule has 6 heteroatoms. The molecule has 0 atom stereocenters. The zero-order chi connectivity index (χ0) is 50.8. The van der Waals surface area contributed by atoms with Gasteiger partial charge < -0.3 is 4.74 Å². The minimum atomic E-state index is -3.91. The molecule has 4 heterocycles. The van der Waals surface area contributed by atoms with E-state index in [4.69, 9.17) is 14.7 Å². The number of pyridine rings is 1. The van der Waals surface area contributed by atoms with Crippen LogP contribution in [0.1, 0.15) is 33.1 Å². The van der Waals surface area contributed by atoms with Gasteiger partial charge in [-0.25, -0.2) is 4.98 Å². The fourth-order valence-corrected chi connectivity index (χ4v) is 16.3. The van der Waals surface area contributed by atoms with Crippen LogP contribution in [0.3, 0.4) is 0 Å². The molecule has 326 valence electrons. The van der Waals surface area contributed by atoms with E-state index in [9.17, 15) is 8.22 Å². The SMILES string of the molecule is [2H]C([2H])([2H])C1(C([2H])([2H])[2H])c2ccccc2Oc2c1cc(-n1c3ccccc3n3c4ccccc4nc13)cc2[Si](c1ccccc1)(c1ccccc1)c1ccc2c(c1)-c1ccccc1-c1cccnc1-c1ccccc1-2. The molecule has 0 saturated heterocycles. The molecule has 3 aromatic heterocycles. The Bertz CT molecular complexity index is 4220. The molecule has 14 rings (SSSR count). The van der Waals surface area contributed by atoms with E-state index in [0.717, 1.165) is 82.3 Å². The average Bonchev–Trinajstić information content (AvgIpc) is 4.09. The van der Waals surface area contributed by atoms with Crippen LogP contribution in [0.2, 0.25) is 0 Å². The van der Waals surface area contributed by atoms with Crippen LogP contribution >= 0.6 is 0 Å². The lowest BCUT2D eigenvalue weighted by Crippen LogP contribution is -2.75. The van der Waals surface area contributed by atoms with Gasteiger partial charge in [0.2, 0.25) is 5.78 Å². The number of fused-ring (bicyclic) bond motifs is 15. The third-order valence-electron chi connectivity index (χ3n) is 14.4. The maximum Gasteiger partial charge on any atom is 0.220 e. The minimum absolute atomic E-state index is 0.0547. The van der Waals surface area contributed by atoms with Gasteiger partial charge in [-0.1, -0.05) is 190 Å². The predicted octanol–water partition coefficient (Wildman–Crippen LogP) is 12.6. The van der Waals surface area contributed by atoms with Crippen LogP contribution in [0.4, 0.5) is 0 Å². The van der Waals surface area contributed by atoms with Gasteiger partial charge in [-0.2, -0.15) is 0 Å². The summed E-state index contributed by atoms with van der Waals surface area (Å²) in [5, 5.41) is 3.62. The number of nitrogens with zero attached hydrogens (tertiary/aromatic N) is 4. The lowest BCUT2D eigenvalue weighted by molar-refractivity contribution is 0.421. The summed E-state index contributed by atoms with van der Waals surface area (Å²) in [6.45, 7) is -6.24. The van der Waals surface area contributed by atoms with Crippen LogP contribution in [0.25, 0.3) is 78.2 Å². The first-order valence-electron chi connectivity index (χ1n) is 26.2. The van der Waals surface area contributed by atoms with Gasteiger partial charge in [-0.05, 0) is 97.1 Å². The van der Waals surface area contributed by atoms with E-state index in [1.165, 1.54) is 0 Å². The zero-order valence-electron chi connectivity index (χ0n) is 43.1. The van der Waals surface area contributed by atoms with E-state index in [0.29, 0.717) is 16.7 Å². The molecule has 1 aliphatic carbocycles. The van der Waals surface area contributed by atoms with Gasteiger partial charge in [-0.15, -0.1) is 0 Å². The van der Waals surface area contributed by atoms with Gasteiger partial charge in [0.25, 0.3) is 0 Å². The third kappa shape index (κ3) is 5.64. The van der Waals surface area contributed by atoms with E-state index in [1.54, 1.807) is 30.3 Å². The molecule has 0 fully saturated rings. The standard InChI is InChI=1S/C63H44N4OSi/c1-63(2)52-29-13-18-34-58(52)68-61-53(63)38-41(66-56-32-16-17-33-57(56)67-55-31-15-14-30-54(55)65-62(66)67)39-59(61)69(42-20-5-3-6-21-42,43-22-7-4-8-23-43)44-35-36-48-46-25-11-12-27-49(46)60-50(28-19-37-64-60)45-24-9-10-26-47(45)51(48)40-44/h3-40H,1-2H3/i1D3,2D3. The van der Waals surface area contributed by atoms with Crippen LogP contribution in [0.15, 0.2) is 231 Å². The topological polar surface area (TPSA) is 44.4 Å². The van der Waals surface area contributed by atoms with Crippen LogP contribution in [0, 0.1) is 0 Å². The Labute approximate surface area is 409 Å². The molecule has 0 unspecified atom stereocenters. The molecule has 1 aliphatic heterocycles. The number of ether oxygens (including phenoxy) is 1. The smallest absolute Gasteiger partial charge is 0.220 e. The van der Waals surface area contributed by atoms with Crippen LogP contribution in [0.5, 0.6) is 11.5 Å². The Morgan fingerprint density at radius 1 is 0.478 bits per heavy atom. The quantitative estimate of drug-likeness (QED) is 0.128. The van der Waals surface area contributed by atoms with Gasteiger partial charge >= 0.3 is 0 Å². The van der Waals surface area contributed by atoms with Crippen molar-refractivity contribution < 1.29 is 13.0 Å². The van der Waals surface area contributed by atoms with Gasteiger partial charge in [0.05, 0.1) is 27.8 Å². The maximum absolute atomic E-state index is 9.62. The maximum atomic E-state index is 9.62. The largest absolute Gasteiger partial charge is 0.457 e. The van der Waals surface area contributed by atoms with Crippen LogP contribution < -0.4 is 25.5 Å². The summed E-state index contributed by atoms with van der Waals surface area (Å²) in [6.07, 6.45) is 1.85. The Kier molecular flexibility index (Phi) is 7.33. The Hall–Kier alpha value is -8.58. The van der Waals surface area contributed by atoms with Gasteiger partial charge in [0, 0.05) is 47.8 Å². The van der Waals surface area contributed by atoms with Crippen molar-refractivity contribution in [3.8, 4) is 61.8 Å². The number of para-hydroxylation sites is 5. The first-order chi connectivity index (χ1) is 36.5. The Morgan fingerprint density at radius 2 is 1.07 bits per heavy atom. The third-order valence-corrected chi connectivity index (χ3v) is 19.2. The number of hydrogen-bond donors (Lipinski definition) is 0. The summed E-state index contributed by atoms with van der Waals surface area (Å²) in [7, 11) is -3.91. The summed E-state index contributed by atoms with van der Waals surface area (Å²) in [4.78, 5) is 10.3. The second kappa shape index (κ2) is 15.0. The second-order valence-electron chi connectivity index (χ2n) is 18.0. The van der Waals surface area contributed by atoms with Crippen molar-refractivity contribution in [2.45, 2.75) is 19.1 Å². The molecule has 0 radical (unpaired) electrons. The van der Waals surface area contributed by atoms with Crippen LogP contribution in [-0.2, 0) is 5.41 Å². The number of hydrogen-bond acceptors (Lipinski definition) is 3. The molecular weight excluding hydrogens is 857 g/mol. The molecule has 0 bridgehead atoms. The van der Waals surface area contributed by atoms with Gasteiger partial charge in [0.15, 0.2) is 8.07 Å². The van der Waals surface area contributed by atoms with Crippen molar-refractivity contribution in [1.29, 1.82) is 0 Å². The summed E-state index contributed by atoms with van der Waals surface area (Å²) < 4.78 is 69.2. The number of rotatable bonds is 5. The highest BCUT2D eigenvalue weighted by Crippen LogP contribution is 2.50. The molecule has 0 amide bonds. The first kappa shape index (κ1) is 33.8. The van der Waals surface area contributed by atoms with Crippen molar-refractivity contribution in [2.75, 3.05) is 0 Å². The summed E-state index contributed by atoms with van der Waals surface area (Å²) in [5.41, 5.74) is 9.55. The lowest BCUT2D eigenvalue weighted by Gasteiger charge is -2.41. The normalized spacial score (nSPS) is 15.0. The first-order valence-corrected chi connectivity index (χ1v) is 25.2. The molecule has 5 nitrogen and oxygen atoms in total. The molecule has 0 spiro atoms. The Morgan fingerprint density at radius 3 is 1.83 bits per heavy atom. The fraction of sp³-hybridized carbons (Fsp3) is 0.0476. The van der Waals surface area contributed by atoms with Crippen molar-refractivity contribution in [3.63, 3.8) is 0 Å². The van der Waals surface area contributed by atoms with Crippen LogP contribution in [-0.4, -0.2) is 27.0 Å². The molecule has 69 heavy (non-hydrogen) atoms. The molecule has 2 aliphatic rings. The van der Waals surface area contributed by atoms with Crippen molar-refractivity contribution >= 4 is 56.7 Å². The summed E-state index contributed by atoms with van der Waals surface area (Å²) in [5.74, 6) is 0.980. The molecule has 9 aromatic carbocycles. The predicted molar refractivity (Wildman–Crippen MR) is 285 cm³/mol. The second-order valence-corrected chi connectivity index (χ2v) is 21.8. The average molecular weight is 907 g/mol. The number of imidazole rings is 2. The Balaban J connectivity index is 1.19. The van der Waals surface area contributed by atoms with Crippen molar-refractivity contribution in [1.82, 2.24) is 18.9 Å². The highest BCUT2D eigenvalue weighted by atomic mass is 28.3. The highest BCUT2D eigenvalue weighted by Gasteiger charge is 2.48. The van der Waals surface area contributed by atoms with Crippen molar-refractivity contribution in [3.05, 3.63) is 242 Å². The lowest BCUT2D eigenvalue weighted by atomic mass is 9.75. The minimum Gasteiger partial charge on any atom is -0.457 e. The van der Waals surface area contributed by atoms with E-state index in [1.807, 2.05) is 91.1 Å². The monoisotopic (exact) mass is 906 g/mol. The van der Waals surface area contributed by atoms with E-state index < -0.39 is 27.2 Å². The van der Waals surface area contributed by atoms with Gasteiger partial charge in [-0.3, -0.25) is 14.0 Å². The molecular formula is C63H44N4OSi. The van der Waals surface area contributed by atoms with E-state index in [2.05, 4.69) is 118 Å². The summed E-state index contributed by atoms with van der Waals surface area (Å²) >= 11 is 0. The van der Waals surface area contributed by atoms with E-state index >= 15 is 0 Å². The number of benzene rings is 9. The summed E-state index contributed by atoms with van der Waals surface area (Å²) in [6, 6.07) is 75.3. The zero-order valence-corrected chi connectivity index (χ0v) is 38.1. The van der Waals surface area contributed by atoms with E-state index in [-0.39, 0.29) is 22.6 Å².